The highest BCUT2D eigenvalue weighted by Crippen LogP contribution is 1.86. The number of nitrogens with one attached hydrogen (secondary N) is 1. The minimum Gasteiger partial charge on any atom is -0.379 e. The van der Waals surface area contributed by atoms with Gasteiger partial charge in [0.2, 0.25) is 0 Å². The number of likely N-dealkylation sites (N-methyl/N-ethyl adjacent to an activating group) is 1. The van der Waals surface area contributed by atoms with E-state index in [2.05, 4.69) is 37.9 Å². The fraction of sp³-hybridized carbons (Fsp3) is 1.00. The predicted octanol–water partition coefficient (Wildman–Crippen LogP) is 1.34. The van der Waals surface area contributed by atoms with E-state index in [0.717, 1.165) is 39.4 Å². The lowest BCUT2D eigenvalue weighted by Crippen LogP contribution is -2.30. The molecule has 0 rings (SSSR count). The Balaban J connectivity index is 3.12. The fourth-order valence-corrected chi connectivity index (χ4v) is 1.26. The molecular formula is C11H26N2O. The number of nitrogens with zero attached hydrogens (tertiary/aromatic N) is 1. The van der Waals surface area contributed by atoms with Gasteiger partial charge in [-0.25, -0.2) is 0 Å². The Hall–Kier alpha value is -0.120. The summed E-state index contributed by atoms with van der Waals surface area (Å²) in [6.07, 6.45) is 0. The van der Waals surface area contributed by atoms with Crippen LogP contribution >= 0.6 is 0 Å². The number of hydrogen-bond donors (Lipinski definition) is 1. The van der Waals surface area contributed by atoms with Gasteiger partial charge in [0.15, 0.2) is 0 Å². The van der Waals surface area contributed by atoms with Crippen molar-refractivity contribution in [2.75, 3.05) is 39.4 Å². The van der Waals surface area contributed by atoms with Gasteiger partial charge in [0.05, 0.1) is 13.2 Å². The first-order chi connectivity index (χ1) is 6.70. The third kappa shape index (κ3) is 8.48. The van der Waals surface area contributed by atoms with Crippen molar-refractivity contribution in [3.05, 3.63) is 0 Å². The zero-order valence-corrected chi connectivity index (χ0v) is 10.2. The van der Waals surface area contributed by atoms with Gasteiger partial charge in [0, 0.05) is 19.1 Å². The highest BCUT2D eigenvalue weighted by molar-refractivity contribution is 4.53. The third-order valence-corrected chi connectivity index (χ3v) is 2.25. The molecule has 0 bridgehead atoms. The van der Waals surface area contributed by atoms with Crippen molar-refractivity contribution in [3.8, 4) is 0 Å². The lowest BCUT2D eigenvalue weighted by Gasteiger charge is -2.17. The fourth-order valence-electron chi connectivity index (χ4n) is 1.26. The molecule has 0 aromatic heterocycles. The summed E-state index contributed by atoms with van der Waals surface area (Å²) in [5.41, 5.74) is 0. The van der Waals surface area contributed by atoms with E-state index in [9.17, 15) is 0 Å². The van der Waals surface area contributed by atoms with E-state index < -0.39 is 0 Å². The third-order valence-electron chi connectivity index (χ3n) is 2.25. The van der Waals surface area contributed by atoms with E-state index >= 15 is 0 Å². The molecule has 0 aliphatic heterocycles. The molecular weight excluding hydrogens is 176 g/mol. The largest absolute Gasteiger partial charge is 0.379 e. The summed E-state index contributed by atoms with van der Waals surface area (Å²) >= 11 is 0. The lowest BCUT2D eigenvalue weighted by molar-refractivity contribution is 0.108. The van der Waals surface area contributed by atoms with Crippen LogP contribution in [0.5, 0.6) is 0 Å². The first-order valence-electron chi connectivity index (χ1n) is 5.74. The van der Waals surface area contributed by atoms with E-state index in [1.807, 2.05) is 0 Å². The molecule has 0 saturated carbocycles. The maximum Gasteiger partial charge on any atom is 0.0594 e. The van der Waals surface area contributed by atoms with Crippen molar-refractivity contribution >= 4 is 0 Å². The summed E-state index contributed by atoms with van der Waals surface area (Å²) in [6.45, 7) is 14.6. The molecule has 0 unspecified atom stereocenters. The first kappa shape index (κ1) is 13.9. The summed E-state index contributed by atoms with van der Waals surface area (Å²) in [5.74, 6) is 0. The minimum absolute atomic E-state index is 0.557. The molecule has 14 heavy (non-hydrogen) atoms. The highest BCUT2D eigenvalue weighted by Gasteiger charge is 1.97. The standard InChI is InChI=1S/C11H26N2O/c1-5-13(6-2)8-10-14-9-7-12-11(3)4/h11-12H,5-10H2,1-4H3. The maximum absolute atomic E-state index is 5.51. The van der Waals surface area contributed by atoms with E-state index in [-0.39, 0.29) is 0 Å². The molecule has 0 fully saturated rings. The van der Waals surface area contributed by atoms with Gasteiger partial charge in [-0.1, -0.05) is 27.7 Å². The molecule has 0 saturated heterocycles. The summed E-state index contributed by atoms with van der Waals surface area (Å²) in [4.78, 5) is 2.37. The molecule has 0 heterocycles. The van der Waals surface area contributed by atoms with Gasteiger partial charge >= 0.3 is 0 Å². The van der Waals surface area contributed by atoms with Gasteiger partial charge in [-0.3, -0.25) is 0 Å². The van der Waals surface area contributed by atoms with Crippen molar-refractivity contribution in [2.24, 2.45) is 0 Å². The van der Waals surface area contributed by atoms with E-state index in [1.54, 1.807) is 0 Å². The monoisotopic (exact) mass is 202 g/mol. The molecule has 0 spiro atoms. The first-order valence-corrected chi connectivity index (χ1v) is 5.74. The molecule has 0 aromatic carbocycles. The van der Waals surface area contributed by atoms with Crippen LogP contribution in [0, 0.1) is 0 Å². The molecule has 0 amide bonds. The Morgan fingerprint density at radius 1 is 1.14 bits per heavy atom. The highest BCUT2D eigenvalue weighted by atomic mass is 16.5. The van der Waals surface area contributed by atoms with Crippen molar-refractivity contribution in [3.63, 3.8) is 0 Å². The van der Waals surface area contributed by atoms with Gasteiger partial charge < -0.3 is 15.0 Å². The second-order valence-corrected chi connectivity index (χ2v) is 3.75. The summed E-state index contributed by atoms with van der Waals surface area (Å²) in [7, 11) is 0. The Labute approximate surface area is 88.8 Å². The van der Waals surface area contributed by atoms with Crippen molar-refractivity contribution in [1.29, 1.82) is 0 Å². The van der Waals surface area contributed by atoms with Crippen molar-refractivity contribution < 1.29 is 4.74 Å². The van der Waals surface area contributed by atoms with E-state index in [0.29, 0.717) is 6.04 Å². The van der Waals surface area contributed by atoms with Crippen LogP contribution in [0.15, 0.2) is 0 Å². The van der Waals surface area contributed by atoms with Crippen LogP contribution in [0.2, 0.25) is 0 Å². The molecule has 3 nitrogen and oxygen atoms in total. The molecule has 0 aromatic rings. The summed E-state index contributed by atoms with van der Waals surface area (Å²) in [5, 5.41) is 3.32. The van der Waals surface area contributed by atoms with Crippen molar-refractivity contribution in [2.45, 2.75) is 33.7 Å². The Morgan fingerprint density at radius 3 is 2.29 bits per heavy atom. The zero-order chi connectivity index (χ0) is 10.8. The van der Waals surface area contributed by atoms with Gasteiger partial charge in [-0.2, -0.15) is 0 Å². The van der Waals surface area contributed by atoms with Crippen LogP contribution in [-0.2, 0) is 4.74 Å². The van der Waals surface area contributed by atoms with Crippen LogP contribution in [0.1, 0.15) is 27.7 Å². The van der Waals surface area contributed by atoms with Gasteiger partial charge in [-0.15, -0.1) is 0 Å². The van der Waals surface area contributed by atoms with E-state index in [4.69, 9.17) is 4.74 Å². The zero-order valence-electron chi connectivity index (χ0n) is 10.2. The molecule has 1 N–H and O–H groups in total. The topological polar surface area (TPSA) is 24.5 Å². The summed E-state index contributed by atoms with van der Waals surface area (Å²) in [6, 6.07) is 0.557. The maximum atomic E-state index is 5.51. The normalized spacial score (nSPS) is 11.6. The van der Waals surface area contributed by atoms with Crippen LogP contribution in [0.4, 0.5) is 0 Å². The van der Waals surface area contributed by atoms with Crippen LogP contribution in [-0.4, -0.2) is 50.3 Å². The van der Waals surface area contributed by atoms with Crippen LogP contribution < -0.4 is 5.32 Å². The minimum atomic E-state index is 0.557. The molecule has 0 aliphatic rings. The second kappa shape index (κ2) is 9.44. The van der Waals surface area contributed by atoms with Crippen LogP contribution in [0.3, 0.4) is 0 Å². The van der Waals surface area contributed by atoms with Crippen molar-refractivity contribution in [1.82, 2.24) is 10.2 Å². The Kier molecular flexibility index (Phi) is 9.35. The molecule has 0 atom stereocenters. The summed E-state index contributed by atoms with van der Waals surface area (Å²) < 4.78 is 5.51. The second-order valence-electron chi connectivity index (χ2n) is 3.75. The molecule has 3 heteroatoms. The Bertz CT molecular complexity index is 114. The predicted molar refractivity (Wildman–Crippen MR) is 61.7 cm³/mol. The average molecular weight is 202 g/mol. The van der Waals surface area contributed by atoms with Gasteiger partial charge in [0.1, 0.15) is 0 Å². The van der Waals surface area contributed by atoms with Crippen LogP contribution in [0.25, 0.3) is 0 Å². The quantitative estimate of drug-likeness (QED) is 0.571. The van der Waals surface area contributed by atoms with Gasteiger partial charge in [0.25, 0.3) is 0 Å². The molecule has 0 aliphatic carbocycles. The molecule has 86 valence electrons. The lowest BCUT2D eigenvalue weighted by atomic mass is 10.4. The smallest absolute Gasteiger partial charge is 0.0594 e. The average Bonchev–Trinajstić information content (AvgIpc) is 2.16. The van der Waals surface area contributed by atoms with E-state index in [1.165, 1.54) is 0 Å². The van der Waals surface area contributed by atoms with Gasteiger partial charge in [-0.05, 0) is 13.1 Å². The SMILES string of the molecule is CCN(CC)CCOCCNC(C)C. The number of ether oxygens (including phenoxy) is 1. The Morgan fingerprint density at radius 2 is 1.79 bits per heavy atom. The number of rotatable bonds is 9. The molecule has 0 radical (unpaired) electrons. The number of hydrogen-bond acceptors (Lipinski definition) is 3.